The maximum absolute atomic E-state index is 11.6. The van der Waals surface area contributed by atoms with Crippen LogP contribution in [0.5, 0.6) is 0 Å². The molecule has 1 saturated heterocycles. The van der Waals surface area contributed by atoms with E-state index in [1.807, 2.05) is 18.3 Å². The molecule has 3 rings (SSSR count). The van der Waals surface area contributed by atoms with Gasteiger partial charge in [0.25, 0.3) is 0 Å². The Bertz CT molecular complexity index is 789. The highest BCUT2D eigenvalue weighted by Crippen LogP contribution is 2.25. The predicted octanol–water partition coefficient (Wildman–Crippen LogP) is 2.24. The van der Waals surface area contributed by atoms with Gasteiger partial charge >= 0.3 is 0 Å². The SMILES string of the molecule is Cc1cccc2c(NC[C@H]3CCN(S(C)(=O)=O)C3)ccnc12. The van der Waals surface area contributed by atoms with Crippen LogP contribution < -0.4 is 5.32 Å². The first-order valence-corrected chi connectivity index (χ1v) is 9.33. The van der Waals surface area contributed by atoms with E-state index in [0.29, 0.717) is 19.0 Å². The molecule has 1 aromatic heterocycles. The molecule has 1 aliphatic rings. The first-order chi connectivity index (χ1) is 10.4. The maximum Gasteiger partial charge on any atom is 0.211 e. The van der Waals surface area contributed by atoms with E-state index in [1.165, 1.54) is 6.26 Å². The summed E-state index contributed by atoms with van der Waals surface area (Å²) in [7, 11) is -3.06. The van der Waals surface area contributed by atoms with Crippen LogP contribution in [0.3, 0.4) is 0 Å². The number of nitrogens with one attached hydrogen (secondary N) is 1. The molecule has 1 aliphatic heterocycles. The van der Waals surface area contributed by atoms with Gasteiger partial charge in [-0.2, -0.15) is 0 Å². The Labute approximate surface area is 131 Å². The van der Waals surface area contributed by atoms with Gasteiger partial charge in [0.15, 0.2) is 0 Å². The fourth-order valence-electron chi connectivity index (χ4n) is 3.00. The molecule has 118 valence electrons. The molecule has 1 fully saturated rings. The van der Waals surface area contributed by atoms with Gasteiger partial charge in [0.1, 0.15) is 0 Å². The third-order valence-corrected chi connectivity index (χ3v) is 5.54. The Morgan fingerprint density at radius 1 is 1.36 bits per heavy atom. The summed E-state index contributed by atoms with van der Waals surface area (Å²) < 4.78 is 24.7. The van der Waals surface area contributed by atoms with Crippen molar-refractivity contribution in [1.82, 2.24) is 9.29 Å². The summed E-state index contributed by atoms with van der Waals surface area (Å²) in [6, 6.07) is 8.13. The highest BCUT2D eigenvalue weighted by Gasteiger charge is 2.28. The van der Waals surface area contributed by atoms with E-state index in [1.54, 1.807) is 4.31 Å². The number of para-hydroxylation sites is 1. The number of sulfonamides is 1. The zero-order chi connectivity index (χ0) is 15.7. The molecule has 2 heterocycles. The summed E-state index contributed by atoms with van der Waals surface area (Å²) in [6.07, 6.45) is 4.00. The molecule has 0 radical (unpaired) electrons. The molecule has 6 heteroatoms. The zero-order valence-corrected chi connectivity index (χ0v) is 13.7. The summed E-state index contributed by atoms with van der Waals surface area (Å²) in [5.41, 5.74) is 3.23. The van der Waals surface area contributed by atoms with Crippen LogP contribution in [-0.2, 0) is 10.0 Å². The molecule has 0 unspecified atom stereocenters. The molecule has 1 aromatic carbocycles. The molecule has 5 nitrogen and oxygen atoms in total. The van der Waals surface area contributed by atoms with Gasteiger partial charge in [-0.3, -0.25) is 4.98 Å². The van der Waals surface area contributed by atoms with E-state index in [0.717, 1.165) is 35.1 Å². The van der Waals surface area contributed by atoms with Gasteiger partial charge in [-0.05, 0) is 30.9 Å². The average Bonchev–Trinajstić information content (AvgIpc) is 2.95. The fourth-order valence-corrected chi connectivity index (χ4v) is 3.92. The maximum atomic E-state index is 11.6. The van der Waals surface area contributed by atoms with Crippen LogP contribution in [0.2, 0.25) is 0 Å². The quantitative estimate of drug-likeness (QED) is 0.939. The first kappa shape index (κ1) is 15.2. The second kappa shape index (κ2) is 5.85. The van der Waals surface area contributed by atoms with Gasteiger partial charge < -0.3 is 5.32 Å². The number of anilines is 1. The van der Waals surface area contributed by atoms with Crippen LogP contribution in [0.4, 0.5) is 5.69 Å². The number of benzene rings is 1. The lowest BCUT2D eigenvalue weighted by atomic mass is 10.1. The molecule has 1 N–H and O–H groups in total. The second-order valence-corrected chi connectivity index (χ2v) is 7.97. The molecular formula is C16H21N3O2S. The van der Waals surface area contributed by atoms with Crippen LogP contribution in [0.15, 0.2) is 30.5 Å². The number of nitrogens with zero attached hydrogens (tertiary/aromatic N) is 2. The monoisotopic (exact) mass is 319 g/mol. The Morgan fingerprint density at radius 3 is 2.91 bits per heavy atom. The van der Waals surface area contributed by atoms with Crippen molar-refractivity contribution in [1.29, 1.82) is 0 Å². The largest absolute Gasteiger partial charge is 0.384 e. The molecule has 0 spiro atoms. The summed E-state index contributed by atoms with van der Waals surface area (Å²) >= 11 is 0. The van der Waals surface area contributed by atoms with Crippen LogP contribution in [0, 0.1) is 12.8 Å². The standard InChI is InChI=1S/C16H21N3O2S/c1-12-4-3-5-14-15(6-8-17-16(12)14)18-10-13-7-9-19(11-13)22(2,20)21/h3-6,8,13H,7,9-11H2,1-2H3,(H,17,18)/t13-/m1/s1. The molecule has 1 atom stereocenters. The summed E-state index contributed by atoms with van der Waals surface area (Å²) in [5.74, 6) is 0.350. The number of pyridine rings is 1. The highest BCUT2D eigenvalue weighted by molar-refractivity contribution is 7.88. The summed E-state index contributed by atoms with van der Waals surface area (Å²) in [6.45, 7) is 4.06. The van der Waals surface area contributed by atoms with Gasteiger partial charge in [0, 0.05) is 36.9 Å². The number of fused-ring (bicyclic) bond motifs is 1. The number of rotatable bonds is 4. The highest BCUT2D eigenvalue weighted by atomic mass is 32.2. The lowest BCUT2D eigenvalue weighted by Crippen LogP contribution is -2.28. The van der Waals surface area contributed by atoms with Crippen LogP contribution in [-0.4, -0.2) is 43.6 Å². The van der Waals surface area contributed by atoms with Crippen molar-refractivity contribution < 1.29 is 8.42 Å². The average molecular weight is 319 g/mol. The second-order valence-electron chi connectivity index (χ2n) is 5.99. The molecule has 0 aliphatic carbocycles. The minimum atomic E-state index is -3.06. The van der Waals surface area contributed by atoms with Gasteiger partial charge in [-0.1, -0.05) is 18.2 Å². The number of aromatic nitrogens is 1. The topological polar surface area (TPSA) is 62.3 Å². The molecule has 2 aromatic rings. The van der Waals surface area contributed by atoms with Crippen molar-refractivity contribution in [3.05, 3.63) is 36.0 Å². The van der Waals surface area contributed by atoms with E-state index < -0.39 is 10.0 Å². The Hall–Kier alpha value is -1.66. The molecule has 0 amide bonds. The van der Waals surface area contributed by atoms with Crippen molar-refractivity contribution in [2.24, 2.45) is 5.92 Å². The summed E-state index contributed by atoms with van der Waals surface area (Å²) in [4.78, 5) is 4.44. The van der Waals surface area contributed by atoms with Gasteiger partial charge in [-0.25, -0.2) is 12.7 Å². The van der Waals surface area contributed by atoms with Crippen molar-refractivity contribution in [2.75, 3.05) is 31.2 Å². The Morgan fingerprint density at radius 2 is 2.18 bits per heavy atom. The molecule has 0 saturated carbocycles. The minimum absolute atomic E-state index is 0.350. The Kier molecular flexibility index (Phi) is 4.06. The van der Waals surface area contributed by atoms with Crippen molar-refractivity contribution >= 4 is 26.6 Å². The zero-order valence-electron chi connectivity index (χ0n) is 12.9. The predicted molar refractivity (Wildman–Crippen MR) is 89.5 cm³/mol. The van der Waals surface area contributed by atoms with Gasteiger partial charge in [0.2, 0.25) is 10.0 Å². The molecular weight excluding hydrogens is 298 g/mol. The van der Waals surface area contributed by atoms with E-state index in [4.69, 9.17) is 0 Å². The van der Waals surface area contributed by atoms with Gasteiger partial charge in [0.05, 0.1) is 11.8 Å². The first-order valence-electron chi connectivity index (χ1n) is 7.48. The van der Waals surface area contributed by atoms with Crippen LogP contribution in [0.1, 0.15) is 12.0 Å². The van der Waals surface area contributed by atoms with Gasteiger partial charge in [-0.15, -0.1) is 0 Å². The van der Waals surface area contributed by atoms with Crippen LogP contribution in [0.25, 0.3) is 10.9 Å². The minimum Gasteiger partial charge on any atom is -0.384 e. The lowest BCUT2D eigenvalue weighted by Gasteiger charge is -2.15. The smallest absolute Gasteiger partial charge is 0.211 e. The van der Waals surface area contributed by atoms with Crippen molar-refractivity contribution in [3.8, 4) is 0 Å². The van der Waals surface area contributed by atoms with E-state index in [-0.39, 0.29) is 0 Å². The fraction of sp³-hybridized carbons (Fsp3) is 0.438. The number of aryl methyl sites for hydroxylation is 1. The third kappa shape index (κ3) is 3.08. The summed E-state index contributed by atoms with van der Waals surface area (Å²) in [5, 5.41) is 4.58. The van der Waals surface area contributed by atoms with Crippen LogP contribution >= 0.6 is 0 Å². The molecule has 22 heavy (non-hydrogen) atoms. The molecule has 0 bridgehead atoms. The number of hydrogen-bond donors (Lipinski definition) is 1. The Balaban J connectivity index is 1.72. The van der Waals surface area contributed by atoms with E-state index >= 15 is 0 Å². The number of hydrogen-bond acceptors (Lipinski definition) is 4. The van der Waals surface area contributed by atoms with E-state index in [2.05, 4.69) is 29.4 Å². The normalized spacial score (nSPS) is 19.6. The van der Waals surface area contributed by atoms with Crippen molar-refractivity contribution in [2.45, 2.75) is 13.3 Å². The van der Waals surface area contributed by atoms with Crippen molar-refractivity contribution in [3.63, 3.8) is 0 Å². The van der Waals surface area contributed by atoms with E-state index in [9.17, 15) is 8.42 Å². The lowest BCUT2D eigenvalue weighted by molar-refractivity contribution is 0.466. The third-order valence-electron chi connectivity index (χ3n) is 4.27.